The SMILES string of the molecule is CCc1cc(CC(NC)c2csc3ccccc23)n(C)n1. The molecule has 0 aliphatic carbocycles. The molecular formula is C17H21N3S. The molecule has 0 aliphatic rings. The summed E-state index contributed by atoms with van der Waals surface area (Å²) in [5.74, 6) is 0. The predicted molar refractivity (Wildman–Crippen MR) is 89.9 cm³/mol. The van der Waals surface area contributed by atoms with E-state index in [1.165, 1.54) is 21.3 Å². The Morgan fingerprint density at radius 1 is 1.33 bits per heavy atom. The Bertz CT molecular complexity index is 741. The van der Waals surface area contributed by atoms with Gasteiger partial charge in [0.2, 0.25) is 0 Å². The van der Waals surface area contributed by atoms with Crippen LogP contribution in [0.3, 0.4) is 0 Å². The fourth-order valence-corrected chi connectivity index (χ4v) is 3.80. The van der Waals surface area contributed by atoms with Crippen molar-refractivity contribution in [2.45, 2.75) is 25.8 Å². The molecule has 0 aliphatic heterocycles. The molecule has 110 valence electrons. The normalized spacial score (nSPS) is 12.9. The fraction of sp³-hybridized carbons (Fsp3) is 0.353. The van der Waals surface area contributed by atoms with Crippen molar-refractivity contribution < 1.29 is 0 Å². The zero-order valence-electron chi connectivity index (χ0n) is 12.8. The molecule has 0 radical (unpaired) electrons. The van der Waals surface area contributed by atoms with Crippen LogP contribution in [0.2, 0.25) is 0 Å². The van der Waals surface area contributed by atoms with Gasteiger partial charge in [0.15, 0.2) is 0 Å². The Morgan fingerprint density at radius 2 is 2.14 bits per heavy atom. The first-order valence-electron chi connectivity index (χ1n) is 7.38. The van der Waals surface area contributed by atoms with E-state index in [1.807, 2.05) is 30.1 Å². The first-order valence-corrected chi connectivity index (χ1v) is 8.26. The quantitative estimate of drug-likeness (QED) is 0.778. The summed E-state index contributed by atoms with van der Waals surface area (Å²) in [5, 5.41) is 11.7. The Kier molecular flexibility index (Phi) is 4.08. The summed E-state index contributed by atoms with van der Waals surface area (Å²) in [6.07, 6.45) is 1.94. The zero-order valence-corrected chi connectivity index (χ0v) is 13.6. The molecule has 1 atom stereocenters. The highest BCUT2D eigenvalue weighted by Crippen LogP contribution is 2.31. The molecule has 2 aromatic heterocycles. The Balaban J connectivity index is 1.93. The molecular weight excluding hydrogens is 278 g/mol. The number of nitrogens with zero attached hydrogens (tertiary/aromatic N) is 2. The topological polar surface area (TPSA) is 29.9 Å². The maximum Gasteiger partial charge on any atom is 0.0624 e. The van der Waals surface area contributed by atoms with Gasteiger partial charge in [-0.25, -0.2) is 0 Å². The predicted octanol–water partition coefficient (Wildman–Crippen LogP) is 3.70. The van der Waals surface area contributed by atoms with Crippen molar-refractivity contribution in [2.24, 2.45) is 7.05 Å². The van der Waals surface area contributed by atoms with E-state index in [0.29, 0.717) is 6.04 Å². The largest absolute Gasteiger partial charge is 0.313 e. The third-order valence-corrected chi connectivity index (χ3v) is 5.02. The molecule has 4 heteroatoms. The van der Waals surface area contributed by atoms with Crippen LogP contribution in [0.4, 0.5) is 0 Å². The molecule has 1 unspecified atom stereocenters. The van der Waals surface area contributed by atoms with Crippen LogP contribution < -0.4 is 5.32 Å². The van der Waals surface area contributed by atoms with Gasteiger partial charge in [-0.15, -0.1) is 11.3 Å². The number of rotatable bonds is 5. The van der Waals surface area contributed by atoms with Crippen molar-refractivity contribution in [3.05, 3.63) is 52.7 Å². The van der Waals surface area contributed by atoms with E-state index in [9.17, 15) is 0 Å². The first kappa shape index (κ1) is 14.3. The maximum atomic E-state index is 4.55. The summed E-state index contributed by atoms with van der Waals surface area (Å²) in [7, 11) is 4.07. The number of thiophene rings is 1. The van der Waals surface area contributed by atoms with Gasteiger partial charge in [0.05, 0.1) is 5.69 Å². The van der Waals surface area contributed by atoms with Gasteiger partial charge in [-0.05, 0) is 41.9 Å². The number of fused-ring (bicyclic) bond motifs is 1. The molecule has 0 fully saturated rings. The average molecular weight is 299 g/mol. The van der Waals surface area contributed by atoms with Gasteiger partial charge in [0, 0.05) is 29.9 Å². The van der Waals surface area contributed by atoms with Crippen LogP contribution in [-0.4, -0.2) is 16.8 Å². The molecule has 0 spiro atoms. The molecule has 0 amide bonds. The monoisotopic (exact) mass is 299 g/mol. The molecule has 0 saturated heterocycles. The average Bonchev–Trinajstić information content (AvgIpc) is 3.08. The van der Waals surface area contributed by atoms with Crippen LogP contribution >= 0.6 is 11.3 Å². The summed E-state index contributed by atoms with van der Waals surface area (Å²) >= 11 is 1.82. The number of nitrogens with one attached hydrogen (secondary N) is 1. The van der Waals surface area contributed by atoms with Crippen LogP contribution in [0.15, 0.2) is 35.7 Å². The molecule has 3 nitrogen and oxygen atoms in total. The van der Waals surface area contributed by atoms with Gasteiger partial charge in [-0.2, -0.15) is 5.10 Å². The minimum Gasteiger partial charge on any atom is -0.313 e. The molecule has 3 rings (SSSR count). The summed E-state index contributed by atoms with van der Waals surface area (Å²) in [5.41, 5.74) is 3.83. The Labute approximate surface area is 129 Å². The van der Waals surface area contributed by atoms with E-state index in [0.717, 1.165) is 18.5 Å². The van der Waals surface area contributed by atoms with Gasteiger partial charge in [-0.1, -0.05) is 25.1 Å². The highest BCUT2D eigenvalue weighted by atomic mass is 32.1. The number of likely N-dealkylation sites (N-methyl/N-ethyl adjacent to an activating group) is 1. The lowest BCUT2D eigenvalue weighted by Crippen LogP contribution is -2.19. The third-order valence-electron chi connectivity index (χ3n) is 4.04. The number of hydrogen-bond acceptors (Lipinski definition) is 3. The number of aromatic nitrogens is 2. The second kappa shape index (κ2) is 6.00. The molecule has 3 aromatic rings. The lowest BCUT2D eigenvalue weighted by molar-refractivity contribution is 0.565. The summed E-state index contributed by atoms with van der Waals surface area (Å²) in [6.45, 7) is 2.15. The van der Waals surface area contributed by atoms with Crippen molar-refractivity contribution in [1.29, 1.82) is 0 Å². The van der Waals surface area contributed by atoms with Gasteiger partial charge in [0.25, 0.3) is 0 Å². The van der Waals surface area contributed by atoms with Crippen LogP contribution in [0.25, 0.3) is 10.1 Å². The second-order valence-corrected chi connectivity index (χ2v) is 6.25. The van der Waals surface area contributed by atoms with Crippen LogP contribution in [0.5, 0.6) is 0 Å². The highest BCUT2D eigenvalue weighted by molar-refractivity contribution is 7.17. The van der Waals surface area contributed by atoms with Crippen molar-refractivity contribution in [3.63, 3.8) is 0 Å². The Morgan fingerprint density at radius 3 is 2.86 bits per heavy atom. The fourth-order valence-electron chi connectivity index (χ4n) is 2.78. The van der Waals surface area contributed by atoms with Crippen LogP contribution in [0, 0.1) is 0 Å². The van der Waals surface area contributed by atoms with E-state index in [4.69, 9.17) is 0 Å². The summed E-state index contributed by atoms with van der Waals surface area (Å²) in [6, 6.07) is 11.2. The Hall–Kier alpha value is -1.65. The standard InChI is InChI=1S/C17H21N3S/c1-4-12-9-13(20(3)19-12)10-16(18-2)15-11-21-17-8-6-5-7-14(15)17/h5-9,11,16,18H,4,10H2,1-3H3. The van der Waals surface area contributed by atoms with Gasteiger partial charge in [0.1, 0.15) is 0 Å². The first-order chi connectivity index (χ1) is 10.2. The van der Waals surface area contributed by atoms with E-state index in [2.05, 4.69) is 53.1 Å². The summed E-state index contributed by atoms with van der Waals surface area (Å²) < 4.78 is 3.37. The summed E-state index contributed by atoms with van der Waals surface area (Å²) in [4.78, 5) is 0. The number of hydrogen-bond donors (Lipinski definition) is 1. The molecule has 2 heterocycles. The second-order valence-electron chi connectivity index (χ2n) is 5.34. The minimum atomic E-state index is 0.321. The van der Waals surface area contributed by atoms with E-state index in [-0.39, 0.29) is 0 Å². The van der Waals surface area contributed by atoms with Crippen molar-refractivity contribution in [3.8, 4) is 0 Å². The zero-order chi connectivity index (χ0) is 14.8. The maximum absolute atomic E-state index is 4.55. The number of benzene rings is 1. The van der Waals surface area contributed by atoms with Crippen molar-refractivity contribution in [2.75, 3.05) is 7.05 Å². The van der Waals surface area contributed by atoms with Gasteiger partial charge in [-0.3, -0.25) is 4.68 Å². The van der Waals surface area contributed by atoms with Crippen molar-refractivity contribution >= 4 is 21.4 Å². The van der Waals surface area contributed by atoms with E-state index in [1.54, 1.807) is 0 Å². The van der Waals surface area contributed by atoms with Crippen LogP contribution in [0.1, 0.15) is 29.9 Å². The van der Waals surface area contributed by atoms with Gasteiger partial charge < -0.3 is 5.32 Å². The molecule has 0 saturated carbocycles. The molecule has 21 heavy (non-hydrogen) atoms. The lowest BCUT2D eigenvalue weighted by atomic mass is 10.0. The van der Waals surface area contributed by atoms with Crippen molar-refractivity contribution in [1.82, 2.24) is 15.1 Å². The van der Waals surface area contributed by atoms with Crippen LogP contribution in [-0.2, 0) is 19.9 Å². The van der Waals surface area contributed by atoms with Gasteiger partial charge >= 0.3 is 0 Å². The third kappa shape index (κ3) is 2.74. The molecule has 1 N–H and O–H groups in total. The highest BCUT2D eigenvalue weighted by Gasteiger charge is 2.17. The van der Waals surface area contributed by atoms with E-state index >= 15 is 0 Å². The lowest BCUT2D eigenvalue weighted by Gasteiger charge is -2.16. The number of aryl methyl sites for hydroxylation is 2. The molecule has 0 bridgehead atoms. The smallest absolute Gasteiger partial charge is 0.0624 e. The minimum absolute atomic E-state index is 0.321. The molecule has 1 aromatic carbocycles. The van der Waals surface area contributed by atoms with E-state index < -0.39 is 0 Å².